The number of hydrogen-bond acceptors (Lipinski definition) is 2. The summed E-state index contributed by atoms with van der Waals surface area (Å²) in [5, 5.41) is 11.4. The molecule has 0 heterocycles. The first-order valence-electron chi connectivity index (χ1n) is 8.63. The summed E-state index contributed by atoms with van der Waals surface area (Å²) in [6.45, 7) is 0. The summed E-state index contributed by atoms with van der Waals surface area (Å²) in [6.07, 6.45) is 4.90. The number of alkyl halides is 1. The molecule has 3 nitrogen and oxygen atoms in total. The molecule has 0 unspecified atom stereocenters. The van der Waals surface area contributed by atoms with Gasteiger partial charge in [-0.3, -0.25) is 4.79 Å². The van der Waals surface area contributed by atoms with Gasteiger partial charge in [0, 0.05) is 11.3 Å². The lowest BCUT2D eigenvalue weighted by Gasteiger charge is -2.63. The third-order valence-corrected chi connectivity index (χ3v) is 6.84. The average Bonchev–Trinajstić information content (AvgIpc) is 2.43. The minimum atomic E-state index is -0.748. The Kier molecular flexibility index (Phi) is 3.51. The fraction of sp³-hybridized carbons (Fsp3) is 0.632. The topological polar surface area (TPSA) is 63.3 Å². The molecule has 23 heavy (non-hydrogen) atoms. The quantitative estimate of drug-likeness (QED) is 0.831. The molecule has 1 aromatic carbocycles. The van der Waals surface area contributed by atoms with E-state index in [2.05, 4.69) is 12.1 Å². The highest BCUT2D eigenvalue weighted by molar-refractivity contribution is 6.24. The van der Waals surface area contributed by atoms with E-state index in [-0.39, 0.29) is 22.6 Å². The van der Waals surface area contributed by atoms with Crippen molar-refractivity contribution in [3.63, 3.8) is 0 Å². The number of carbonyl (C=O) groups is 1. The Morgan fingerprint density at radius 3 is 2.65 bits per heavy atom. The van der Waals surface area contributed by atoms with Gasteiger partial charge in [-0.2, -0.15) is 0 Å². The van der Waals surface area contributed by atoms with E-state index in [0.717, 1.165) is 31.2 Å². The number of carbonyl (C=O) groups excluding carboxylic acids is 1. The summed E-state index contributed by atoms with van der Waals surface area (Å²) in [5.41, 5.74) is 5.91. The predicted octanol–water partition coefficient (Wildman–Crippen LogP) is 3.19. The van der Waals surface area contributed by atoms with Crippen molar-refractivity contribution in [3.05, 3.63) is 35.9 Å². The molecule has 0 aromatic heterocycles. The van der Waals surface area contributed by atoms with Gasteiger partial charge in [0.1, 0.15) is 0 Å². The normalized spacial score (nSPS) is 42.6. The Morgan fingerprint density at radius 1 is 1.30 bits per heavy atom. The predicted molar refractivity (Wildman–Crippen MR) is 90.1 cm³/mol. The van der Waals surface area contributed by atoms with Crippen molar-refractivity contribution in [2.24, 2.45) is 23.5 Å². The van der Waals surface area contributed by atoms with E-state index < -0.39 is 5.60 Å². The van der Waals surface area contributed by atoms with Crippen LogP contribution in [0.3, 0.4) is 0 Å². The lowest BCUT2D eigenvalue weighted by molar-refractivity contribution is -0.172. The largest absolute Gasteiger partial charge is 0.389 e. The van der Waals surface area contributed by atoms with Gasteiger partial charge in [0.25, 0.3) is 0 Å². The Labute approximate surface area is 142 Å². The van der Waals surface area contributed by atoms with E-state index in [1.54, 1.807) is 0 Å². The summed E-state index contributed by atoms with van der Waals surface area (Å²) < 4.78 is 0. The summed E-state index contributed by atoms with van der Waals surface area (Å²) >= 11 is 6.79. The van der Waals surface area contributed by atoms with Gasteiger partial charge in [0.2, 0.25) is 5.91 Å². The molecule has 4 saturated carbocycles. The fourth-order valence-electron chi connectivity index (χ4n) is 6.12. The van der Waals surface area contributed by atoms with Crippen molar-refractivity contribution in [2.45, 2.75) is 54.9 Å². The van der Waals surface area contributed by atoms with Gasteiger partial charge < -0.3 is 10.8 Å². The molecule has 0 saturated heterocycles. The number of nitrogens with two attached hydrogens (primary N) is 1. The zero-order valence-corrected chi connectivity index (χ0v) is 14.0. The van der Waals surface area contributed by atoms with Crippen LogP contribution in [-0.2, 0) is 4.79 Å². The molecule has 0 spiro atoms. The first-order chi connectivity index (χ1) is 10.9. The third kappa shape index (κ3) is 2.58. The Hall–Kier alpha value is -1.06. The highest BCUT2D eigenvalue weighted by Crippen LogP contribution is 2.65. The molecular weight excluding hydrogens is 310 g/mol. The number of benzene rings is 1. The minimum absolute atomic E-state index is 0.0102. The summed E-state index contributed by atoms with van der Waals surface area (Å²) in [5.74, 6) is 0.705. The van der Waals surface area contributed by atoms with Crippen molar-refractivity contribution >= 4 is 17.5 Å². The van der Waals surface area contributed by atoms with Gasteiger partial charge in [-0.05, 0) is 61.3 Å². The highest BCUT2D eigenvalue weighted by atomic mass is 35.5. The molecule has 1 amide bonds. The van der Waals surface area contributed by atoms with Crippen LogP contribution >= 0.6 is 11.6 Å². The van der Waals surface area contributed by atoms with Crippen molar-refractivity contribution in [1.82, 2.24) is 0 Å². The van der Waals surface area contributed by atoms with Gasteiger partial charge in [0.15, 0.2) is 0 Å². The monoisotopic (exact) mass is 333 g/mol. The molecule has 4 aliphatic rings. The van der Waals surface area contributed by atoms with Gasteiger partial charge in [-0.15, -0.1) is 11.6 Å². The second-order valence-corrected chi connectivity index (χ2v) is 8.92. The van der Waals surface area contributed by atoms with Gasteiger partial charge in [0.05, 0.1) is 5.60 Å². The zero-order chi connectivity index (χ0) is 16.2. The van der Waals surface area contributed by atoms with Crippen LogP contribution in [0.2, 0.25) is 0 Å². The number of halogens is 1. The number of rotatable bonds is 4. The molecule has 4 fully saturated rings. The molecular formula is C19H24ClNO2. The fourth-order valence-corrected chi connectivity index (χ4v) is 6.77. The molecule has 124 valence electrons. The number of primary amides is 1. The molecule has 4 bridgehead atoms. The van der Waals surface area contributed by atoms with E-state index in [0.29, 0.717) is 24.7 Å². The van der Waals surface area contributed by atoms with Crippen molar-refractivity contribution in [3.8, 4) is 0 Å². The minimum Gasteiger partial charge on any atom is -0.389 e. The second kappa shape index (κ2) is 5.22. The number of hydrogen-bond donors (Lipinski definition) is 2. The molecule has 4 heteroatoms. The molecule has 5 rings (SSSR count). The Morgan fingerprint density at radius 2 is 2.04 bits per heavy atom. The first-order valence-corrected chi connectivity index (χ1v) is 9.01. The average molecular weight is 334 g/mol. The molecule has 3 N–H and O–H groups in total. The summed E-state index contributed by atoms with van der Waals surface area (Å²) in [4.78, 5) is 11.5. The smallest absolute Gasteiger partial charge is 0.218 e. The van der Waals surface area contributed by atoms with E-state index >= 15 is 0 Å². The van der Waals surface area contributed by atoms with Crippen LogP contribution in [0.4, 0.5) is 0 Å². The molecule has 0 radical (unpaired) electrons. The van der Waals surface area contributed by atoms with E-state index in [4.69, 9.17) is 17.3 Å². The van der Waals surface area contributed by atoms with Crippen molar-refractivity contribution < 1.29 is 9.90 Å². The van der Waals surface area contributed by atoms with Gasteiger partial charge in [-0.1, -0.05) is 30.3 Å². The molecule has 6 atom stereocenters. The first kappa shape index (κ1) is 15.5. The lowest BCUT2D eigenvalue weighted by atomic mass is 9.46. The van der Waals surface area contributed by atoms with Crippen molar-refractivity contribution in [2.75, 3.05) is 0 Å². The van der Waals surface area contributed by atoms with Gasteiger partial charge in [-0.25, -0.2) is 0 Å². The molecule has 0 aliphatic heterocycles. The van der Waals surface area contributed by atoms with Gasteiger partial charge >= 0.3 is 0 Å². The standard InChI is InChI=1S/C19H24ClNO2/c20-18-8-12-6-14(10-18)17(19(23,9-12)11-18)15(7-16(21)22)13-4-2-1-3-5-13/h1-5,12,14-15,17,23H,6-11H2,(H2,21,22)/t12-,14+,15+,17-,18+,19+/m1/s1. The lowest BCUT2D eigenvalue weighted by Crippen LogP contribution is -2.63. The third-order valence-electron chi connectivity index (χ3n) is 6.39. The van der Waals surface area contributed by atoms with Crippen molar-refractivity contribution in [1.29, 1.82) is 0 Å². The maximum atomic E-state index is 11.7. The van der Waals surface area contributed by atoms with Crippen LogP contribution in [0.1, 0.15) is 50.0 Å². The molecule has 1 aromatic rings. The number of amides is 1. The van der Waals surface area contributed by atoms with E-state index in [1.807, 2.05) is 18.2 Å². The number of aliphatic hydroxyl groups is 1. The van der Waals surface area contributed by atoms with Crippen LogP contribution in [0, 0.1) is 17.8 Å². The van der Waals surface area contributed by atoms with Crippen LogP contribution in [0.15, 0.2) is 30.3 Å². The maximum Gasteiger partial charge on any atom is 0.218 e. The van der Waals surface area contributed by atoms with Crippen LogP contribution in [0.5, 0.6) is 0 Å². The summed E-state index contributed by atoms with van der Waals surface area (Å²) in [7, 11) is 0. The van der Waals surface area contributed by atoms with Crippen LogP contribution in [-0.4, -0.2) is 21.5 Å². The van der Waals surface area contributed by atoms with Crippen LogP contribution in [0.25, 0.3) is 0 Å². The second-order valence-electron chi connectivity index (χ2n) is 8.12. The SMILES string of the molecule is NC(=O)C[C@@H](c1ccccc1)[C@H]1[C@H]2C[C@@H]3C[C@](Cl)(C2)C[C@@]1(O)C3. The van der Waals surface area contributed by atoms with E-state index in [9.17, 15) is 9.90 Å². The highest BCUT2D eigenvalue weighted by Gasteiger charge is 2.63. The van der Waals surface area contributed by atoms with Crippen LogP contribution < -0.4 is 5.73 Å². The van der Waals surface area contributed by atoms with E-state index in [1.165, 1.54) is 0 Å². The summed E-state index contributed by atoms with van der Waals surface area (Å²) in [6, 6.07) is 10.1. The molecule has 4 aliphatic carbocycles. The maximum absolute atomic E-state index is 11.7. The Bertz CT molecular complexity index is 621. The Balaban J connectivity index is 1.73. The zero-order valence-electron chi connectivity index (χ0n) is 13.2.